The fraction of sp³-hybridized carbons (Fsp3) is 0. The third-order valence-electron chi connectivity index (χ3n) is 3.35. The summed E-state index contributed by atoms with van der Waals surface area (Å²) in [5, 5.41) is 21.5. The molecule has 3 aromatic rings. The van der Waals surface area contributed by atoms with E-state index in [4.69, 9.17) is 5.14 Å². The molecule has 0 amide bonds. The summed E-state index contributed by atoms with van der Waals surface area (Å²) in [4.78, 5) is -0.0201. The Labute approximate surface area is 131 Å². The highest BCUT2D eigenvalue weighted by molar-refractivity contribution is 7.89. The summed E-state index contributed by atoms with van der Waals surface area (Å²) in [6, 6.07) is 11.4. The topological polar surface area (TPSA) is 109 Å². The minimum atomic E-state index is -3.78. The molecule has 0 saturated heterocycles. The van der Waals surface area contributed by atoms with Crippen molar-refractivity contribution in [1.29, 1.82) is 0 Å². The van der Waals surface area contributed by atoms with Gasteiger partial charge in [0.2, 0.25) is 15.9 Å². The summed E-state index contributed by atoms with van der Waals surface area (Å²) < 4.78 is 35.6. The second-order valence-electron chi connectivity index (χ2n) is 4.87. The average Bonchev–Trinajstić information content (AvgIpc) is 2.89. The summed E-state index contributed by atoms with van der Waals surface area (Å²) in [6.45, 7) is 0. The molecule has 0 radical (unpaired) electrons. The van der Waals surface area contributed by atoms with Gasteiger partial charge in [0.25, 0.3) is 0 Å². The molecule has 0 unspecified atom stereocenters. The molecule has 0 atom stereocenters. The van der Waals surface area contributed by atoms with Gasteiger partial charge in [-0.05, 0) is 29.8 Å². The number of aromatic hydroxyl groups is 1. The lowest BCUT2D eigenvalue weighted by atomic mass is 10.0. The summed E-state index contributed by atoms with van der Waals surface area (Å²) in [5.41, 5.74) is 2.05. The standard InChI is InChI=1S/C15H12FN3O3S/c16-11-5-1-9(2-6-11)13-14(18-19-15(13)20)10-3-7-12(8-4-10)23(17,21)22/h1-8H,(H2,17,21,22)(H2,18,19,20). The number of nitrogens with one attached hydrogen (secondary N) is 1. The molecule has 0 aliphatic heterocycles. The van der Waals surface area contributed by atoms with Gasteiger partial charge in [-0.2, -0.15) is 0 Å². The van der Waals surface area contributed by atoms with Gasteiger partial charge in [-0.15, -0.1) is 5.10 Å². The average molecular weight is 333 g/mol. The Morgan fingerprint density at radius 2 is 1.57 bits per heavy atom. The number of primary sulfonamides is 1. The first-order chi connectivity index (χ1) is 10.9. The van der Waals surface area contributed by atoms with E-state index in [2.05, 4.69) is 10.2 Å². The normalized spacial score (nSPS) is 11.6. The maximum atomic E-state index is 13.1. The fourth-order valence-electron chi connectivity index (χ4n) is 2.24. The van der Waals surface area contributed by atoms with Crippen LogP contribution in [0.4, 0.5) is 4.39 Å². The van der Waals surface area contributed by atoms with Crippen LogP contribution < -0.4 is 5.14 Å². The fourth-order valence-corrected chi connectivity index (χ4v) is 2.76. The van der Waals surface area contributed by atoms with Crippen LogP contribution in [0.25, 0.3) is 22.4 Å². The van der Waals surface area contributed by atoms with E-state index in [1.807, 2.05) is 0 Å². The van der Waals surface area contributed by atoms with Crippen molar-refractivity contribution in [2.75, 3.05) is 0 Å². The zero-order valence-electron chi connectivity index (χ0n) is 11.7. The van der Waals surface area contributed by atoms with Gasteiger partial charge in [-0.3, -0.25) is 5.10 Å². The lowest BCUT2D eigenvalue weighted by Gasteiger charge is -2.05. The molecule has 0 aliphatic carbocycles. The van der Waals surface area contributed by atoms with E-state index in [0.29, 0.717) is 22.4 Å². The molecular formula is C15H12FN3O3S. The molecular weight excluding hydrogens is 321 g/mol. The number of hydrogen-bond donors (Lipinski definition) is 3. The van der Waals surface area contributed by atoms with Gasteiger partial charge >= 0.3 is 0 Å². The Bertz CT molecular complexity index is 949. The molecule has 118 valence electrons. The van der Waals surface area contributed by atoms with Crippen molar-refractivity contribution in [2.45, 2.75) is 4.90 Å². The lowest BCUT2D eigenvalue weighted by molar-refractivity contribution is 0.454. The van der Waals surface area contributed by atoms with Gasteiger partial charge in [0.05, 0.1) is 16.2 Å². The van der Waals surface area contributed by atoms with Crippen LogP contribution in [-0.2, 0) is 10.0 Å². The number of nitrogens with zero attached hydrogens (tertiary/aromatic N) is 1. The molecule has 4 N–H and O–H groups in total. The summed E-state index contributed by atoms with van der Waals surface area (Å²) in [6.07, 6.45) is 0. The number of benzene rings is 2. The Balaban J connectivity index is 2.10. The summed E-state index contributed by atoms with van der Waals surface area (Å²) >= 11 is 0. The Kier molecular flexibility index (Phi) is 3.63. The van der Waals surface area contributed by atoms with E-state index >= 15 is 0 Å². The quantitative estimate of drug-likeness (QED) is 0.683. The van der Waals surface area contributed by atoms with Crippen LogP contribution in [0.1, 0.15) is 0 Å². The second-order valence-corrected chi connectivity index (χ2v) is 6.43. The highest BCUT2D eigenvalue weighted by Crippen LogP contribution is 2.36. The van der Waals surface area contributed by atoms with Crippen LogP contribution in [0.5, 0.6) is 5.88 Å². The third-order valence-corrected chi connectivity index (χ3v) is 4.28. The SMILES string of the molecule is NS(=O)(=O)c1ccc(-c2[nH]nc(O)c2-c2ccc(F)cc2)cc1. The van der Waals surface area contributed by atoms with Gasteiger partial charge in [0.1, 0.15) is 5.82 Å². The maximum Gasteiger partial charge on any atom is 0.238 e. The van der Waals surface area contributed by atoms with Crippen molar-refractivity contribution in [1.82, 2.24) is 10.2 Å². The number of halogens is 1. The minimum Gasteiger partial charge on any atom is -0.492 e. The molecule has 0 aliphatic rings. The van der Waals surface area contributed by atoms with Crippen molar-refractivity contribution in [2.24, 2.45) is 5.14 Å². The monoisotopic (exact) mass is 333 g/mol. The van der Waals surface area contributed by atoms with Gasteiger partial charge in [-0.25, -0.2) is 17.9 Å². The van der Waals surface area contributed by atoms with Crippen LogP contribution >= 0.6 is 0 Å². The smallest absolute Gasteiger partial charge is 0.238 e. The minimum absolute atomic E-state index is 0.0201. The molecule has 8 heteroatoms. The van der Waals surface area contributed by atoms with E-state index in [0.717, 1.165) is 0 Å². The molecule has 6 nitrogen and oxygen atoms in total. The number of nitrogens with two attached hydrogens (primary N) is 1. The van der Waals surface area contributed by atoms with E-state index in [9.17, 15) is 17.9 Å². The van der Waals surface area contributed by atoms with Crippen molar-refractivity contribution >= 4 is 10.0 Å². The van der Waals surface area contributed by atoms with Crippen LogP contribution in [0, 0.1) is 5.82 Å². The summed E-state index contributed by atoms with van der Waals surface area (Å²) in [5.74, 6) is -0.627. The first kappa shape index (κ1) is 15.2. The maximum absolute atomic E-state index is 13.1. The largest absolute Gasteiger partial charge is 0.492 e. The van der Waals surface area contributed by atoms with Crippen molar-refractivity contribution in [3.05, 3.63) is 54.3 Å². The first-order valence-electron chi connectivity index (χ1n) is 6.53. The molecule has 0 spiro atoms. The lowest BCUT2D eigenvalue weighted by Crippen LogP contribution is -2.11. The van der Waals surface area contributed by atoms with E-state index in [1.165, 1.54) is 36.4 Å². The predicted octanol–water partition coefficient (Wildman–Crippen LogP) is 2.24. The zero-order chi connectivity index (χ0) is 16.6. The van der Waals surface area contributed by atoms with Crippen LogP contribution in [0.15, 0.2) is 53.4 Å². The number of aromatic nitrogens is 2. The van der Waals surface area contributed by atoms with E-state index in [1.54, 1.807) is 12.1 Å². The number of rotatable bonds is 3. The first-order valence-corrected chi connectivity index (χ1v) is 8.07. The van der Waals surface area contributed by atoms with Crippen molar-refractivity contribution < 1.29 is 17.9 Å². The van der Waals surface area contributed by atoms with Crippen molar-refractivity contribution in [3.8, 4) is 28.3 Å². The third kappa shape index (κ3) is 2.94. The Morgan fingerprint density at radius 1 is 1.00 bits per heavy atom. The van der Waals surface area contributed by atoms with Gasteiger partial charge in [0.15, 0.2) is 0 Å². The second kappa shape index (κ2) is 5.49. The van der Waals surface area contributed by atoms with E-state index < -0.39 is 15.8 Å². The van der Waals surface area contributed by atoms with Crippen LogP contribution in [0.2, 0.25) is 0 Å². The van der Waals surface area contributed by atoms with Gasteiger partial charge < -0.3 is 5.11 Å². The number of H-pyrrole nitrogens is 1. The molecule has 2 aromatic carbocycles. The Hall–Kier alpha value is -2.71. The van der Waals surface area contributed by atoms with Gasteiger partial charge in [0, 0.05) is 5.56 Å². The molecule has 3 rings (SSSR count). The molecule has 0 bridgehead atoms. The Morgan fingerprint density at radius 3 is 2.13 bits per heavy atom. The molecule has 0 saturated carbocycles. The van der Waals surface area contributed by atoms with Crippen LogP contribution in [-0.4, -0.2) is 23.7 Å². The van der Waals surface area contributed by atoms with E-state index in [-0.39, 0.29) is 10.8 Å². The molecule has 1 heterocycles. The molecule has 1 aromatic heterocycles. The van der Waals surface area contributed by atoms with Crippen LogP contribution in [0.3, 0.4) is 0 Å². The highest BCUT2D eigenvalue weighted by Gasteiger charge is 2.17. The van der Waals surface area contributed by atoms with Gasteiger partial charge in [-0.1, -0.05) is 24.3 Å². The predicted molar refractivity (Wildman–Crippen MR) is 82.5 cm³/mol. The number of sulfonamides is 1. The molecule has 0 fully saturated rings. The highest BCUT2D eigenvalue weighted by atomic mass is 32.2. The van der Waals surface area contributed by atoms with Crippen molar-refractivity contribution in [3.63, 3.8) is 0 Å². The zero-order valence-corrected chi connectivity index (χ0v) is 12.5. The summed E-state index contributed by atoms with van der Waals surface area (Å²) in [7, 11) is -3.78. The molecule has 23 heavy (non-hydrogen) atoms. The number of hydrogen-bond acceptors (Lipinski definition) is 4. The number of aromatic amines is 1.